The Morgan fingerprint density at radius 2 is 2.00 bits per heavy atom. The number of nitrogens with zero attached hydrogens (tertiary/aromatic N) is 2. The lowest BCUT2D eigenvalue weighted by molar-refractivity contribution is -0.945. The van der Waals surface area contributed by atoms with Crippen LogP contribution in [0.3, 0.4) is 0 Å². The average molecular weight is 361 g/mol. The van der Waals surface area contributed by atoms with E-state index in [9.17, 15) is 9.59 Å². The van der Waals surface area contributed by atoms with Crippen LogP contribution in [0.1, 0.15) is 0 Å². The number of anilines is 1. The molecule has 2 aliphatic heterocycles. The SMILES string of the molecule is O=C1NC(=S)N(c2ccccc2)C(=O)[C@H]1C=NCC[NH+]1CC[NH2+]CC1. The molecule has 8 heteroatoms. The maximum absolute atomic E-state index is 12.7. The lowest BCUT2D eigenvalue weighted by atomic mass is 10.1. The van der Waals surface area contributed by atoms with Gasteiger partial charge >= 0.3 is 0 Å². The molecule has 0 aliphatic carbocycles. The number of hydrogen-bond acceptors (Lipinski definition) is 4. The van der Waals surface area contributed by atoms with Crippen LogP contribution in [0.5, 0.6) is 0 Å². The number of thiocarbonyl (C=S) groups is 1. The number of hydrogen-bond donors (Lipinski definition) is 3. The molecule has 3 rings (SSSR count). The monoisotopic (exact) mass is 361 g/mol. The van der Waals surface area contributed by atoms with Gasteiger partial charge in [-0.15, -0.1) is 0 Å². The van der Waals surface area contributed by atoms with Crippen molar-refractivity contribution in [1.82, 2.24) is 5.32 Å². The van der Waals surface area contributed by atoms with E-state index in [4.69, 9.17) is 12.2 Å². The van der Waals surface area contributed by atoms with Crippen molar-refractivity contribution in [2.45, 2.75) is 0 Å². The second-order valence-electron chi connectivity index (χ2n) is 6.20. The number of para-hydroxylation sites is 1. The van der Waals surface area contributed by atoms with Crippen LogP contribution in [0.4, 0.5) is 5.69 Å². The number of aliphatic imine (C=N–C) groups is 1. The number of rotatable bonds is 5. The van der Waals surface area contributed by atoms with Crippen molar-refractivity contribution >= 4 is 41.0 Å². The first-order valence-electron chi connectivity index (χ1n) is 8.56. The van der Waals surface area contributed by atoms with E-state index in [1.165, 1.54) is 16.0 Å². The average Bonchev–Trinajstić information content (AvgIpc) is 2.62. The van der Waals surface area contributed by atoms with Crippen LogP contribution in [0, 0.1) is 5.92 Å². The maximum Gasteiger partial charge on any atom is 0.251 e. The molecule has 2 heterocycles. The van der Waals surface area contributed by atoms with E-state index in [1.54, 1.807) is 12.1 Å². The quantitative estimate of drug-likeness (QED) is 0.310. The van der Waals surface area contributed by atoms with Gasteiger partial charge in [0.25, 0.3) is 5.91 Å². The van der Waals surface area contributed by atoms with E-state index in [1.807, 2.05) is 18.2 Å². The molecule has 1 aromatic rings. The molecule has 25 heavy (non-hydrogen) atoms. The molecule has 0 spiro atoms. The minimum Gasteiger partial charge on any atom is -0.337 e. The molecule has 0 bridgehead atoms. The zero-order valence-corrected chi connectivity index (χ0v) is 14.8. The van der Waals surface area contributed by atoms with Crippen molar-refractivity contribution < 1.29 is 19.8 Å². The molecule has 0 aromatic heterocycles. The predicted octanol–water partition coefficient (Wildman–Crippen LogP) is -2.42. The number of piperazine rings is 1. The number of nitrogens with one attached hydrogen (secondary N) is 2. The van der Waals surface area contributed by atoms with E-state index in [0.717, 1.165) is 32.7 Å². The van der Waals surface area contributed by atoms with Crippen LogP contribution in [0.25, 0.3) is 0 Å². The normalized spacial score (nSPS) is 22.5. The second-order valence-corrected chi connectivity index (χ2v) is 6.59. The Morgan fingerprint density at radius 3 is 2.72 bits per heavy atom. The minimum absolute atomic E-state index is 0.111. The zero-order chi connectivity index (χ0) is 17.6. The third-order valence-corrected chi connectivity index (χ3v) is 4.75. The second kappa shape index (κ2) is 8.28. The van der Waals surface area contributed by atoms with Gasteiger partial charge in [-0.25, -0.2) is 0 Å². The van der Waals surface area contributed by atoms with E-state index in [2.05, 4.69) is 15.6 Å². The van der Waals surface area contributed by atoms with Gasteiger partial charge < -0.3 is 15.5 Å². The highest BCUT2D eigenvalue weighted by Gasteiger charge is 2.38. The van der Waals surface area contributed by atoms with Gasteiger partial charge in [0.15, 0.2) is 11.0 Å². The summed E-state index contributed by atoms with van der Waals surface area (Å²) in [5.41, 5.74) is 0.643. The standard InChI is InChI=1S/C17H21N5O2S/c23-15-14(12-19-8-11-21-9-6-18-7-10-21)16(24)22(17(25)20-15)13-4-2-1-3-5-13/h1-5,12,14,18H,6-11H2,(H,20,23,25)/p+2/t14-/m0/s1. The molecule has 1 aromatic carbocycles. The number of carbonyl (C=O) groups is 2. The molecule has 0 unspecified atom stereocenters. The fourth-order valence-corrected chi connectivity index (χ4v) is 3.37. The third kappa shape index (κ3) is 4.28. The maximum atomic E-state index is 12.7. The van der Waals surface area contributed by atoms with Gasteiger partial charge in [-0.1, -0.05) is 18.2 Å². The largest absolute Gasteiger partial charge is 0.337 e. The van der Waals surface area contributed by atoms with Gasteiger partial charge in [0, 0.05) is 6.21 Å². The highest BCUT2D eigenvalue weighted by Crippen LogP contribution is 2.19. The number of carbonyl (C=O) groups excluding carboxylic acids is 2. The van der Waals surface area contributed by atoms with Crippen LogP contribution >= 0.6 is 12.2 Å². The lowest BCUT2D eigenvalue weighted by Crippen LogP contribution is -3.20. The summed E-state index contributed by atoms with van der Waals surface area (Å²) in [7, 11) is 0. The summed E-state index contributed by atoms with van der Waals surface area (Å²) in [4.78, 5) is 32.1. The van der Waals surface area contributed by atoms with Crippen LogP contribution < -0.4 is 20.4 Å². The van der Waals surface area contributed by atoms with Crippen LogP contribution in [0.2, 0.25) is 0 Å². The molecule has 2 amide bonds. The van der Waals surface area contributed by atoms with Gasteiger partial charge in [0.1, 0.15) is 26.2 Å². The Kier molecular flexibility index (Phi) is 5.85. The summed E-state index contributed by atoms with van der Waals surface area (Å²) in [6.45, 7) is 6.09. The summed E-state index contributed by atoms with van der Waals surface area (Å²) in [6, 6.07) is 9.07. The first kappa shape index (κ1) is 17.7. The van der Waals surface area contributed by atoms with Crippen LogP contribution in [-0.4, -0.2) is 62.4 Å². The Morgan fingerprint density at radius 1 is 1.28 bits per heavy atom. The molecule has 2 aliphatic rings. The third-order valence-electron chi connectivity index (χ3n) is 4.47. The minimum atomic E-state index is -0.934. The molecular weight excluding hydrogens is 338 g/mol. The summed E-state index contributed by atoms with van der Waals surface area (Å²) in [6.07, 6.45) is 1.46. The van der Waals surface area contributed by atoms with Crippen LogP contribution in [0.15, 0.2) is 35.3 Å². The number of quaternary nitrogens is 2. The molecular formula is C17H23N5O2S+2. The van der Waals surface area contributed by atoms with Gasteiger partial charge in [0.05, 0.1) is 18.8 Å². The van der Waals surface area contributed by atoms with Crippen molar-refractivity contribution in [3.8, 4) is 0 Å². The highest BCUT2D eigenvalue weighted by molar-refractivity contribution is 7.80. The van der Waals surface area contributed by atoms with E-state index in [-0.39, 0.29) is 11.0 Å². The Hall–Kier alpha value is -2.16. The molecule has 4 N–H and O–H groups in total. The Bertz CT molecular complexity index is 673. The molecule has 1 atom stereocenters. The molecule has 0 saturated carbocycles. The van der Waals surface area contributed by atoms with E-state index < -0.39 is 11.8 Å². The van der Waals surface area contributed by atoms with Gasteiger partial charge in [-0.3, -0.25) is 19.5 Å². The molecule has 0 radical (unpaired) electrons. The summed E-state index contributed by atoms with van der Waals surface area (Å²) < 4.78 is 0. The number of amides is 2. The Labute approximate surface area is 152 Å². The van der Waals surface area contributed by atoms with Crippen molar-refractivity contribution in [1.29, 1.82) is 0 Å². The fraction of sp³-hybridized carbons (Fsp3) is 0.412. The summed E-state index contributed by atoms with van der Waals surface area (Å²) >= 11 is 5.16. The first-order valence-corrected chi connectivity index (χ1v) is 8.96. The fourth-order valence-electron chi connectivity index (χ4n) is 3.08. The molecule has 2 fully saturated rings. The number of benzene rings is 1. The lowest BCUT2D eigenvalue weighted by Gasteiger charge is -2.30. The molecule has 2 saturated heterocycles. The summed E-state index contributed by atoms with van der Waals surface area (Å²) in [5, 5.41) is 5.02. The van der Waals surface area contributed by atoms with Gasteiger partial charge in [-0.05, 0) is 24.4 Å². The van der Waals surface area contributed by atoms with E-state index in [0.29, 0.717) is 12.2 Å². The molecule has 132 valence electrons. The van der Waals surface area contributed by atoms with Crippen LogP contribution in [-0.2, 0) is 9.59 Å². The van der Waals surface area contributed by atoms with Crippen molar-refractivity contribution in [3.63, 3.8) is 0 Å². The topological polar surface area (TPSA) is 82.8 Å². The predicted molar refractivity (Wildman–Crippen MR) is 98.7 cm³/mol. The van der Waals surface area contributed by atoms with Gasteiger partial charge in [0.2, 0.25) is 5.91 Å². The first-order chi connectivity index (χ1) is 12.2. The molecule has 7 nitrogen and oxygen atoms in total. The Balaban J connectivity index is 1.63. The van der Waals surface area contributed by atoms with Crippen molar-refractivity contribution in [2.75, 3.05) is 44.2 Å². The van der Waals surface area contributed by atoms with Crippen molar-refractivity contribution in [3.05, 3.63) is 30.3 Å². The van der Waals surface area contributed by atoms with E-state index >= 15 is 0 Å². The number of nitrogens with two attached hydrogens (primary N) is 1. The zero-order valence-electron chi connectivity index (χ0n) is 14.0. The van der Waals surface area contributed by atoms with Crippen molar-refractivity contribution in [2.24, 2.45) is 10.9 Å². The van der Waals surface area contributed by atoms with Gasteiger partial charge in [-0.2, -0.15) is 0 Å². The smallest absolute Gasteiger partial charge is 0.251 e. The highest BCUT2D eigenvalue weighted by atomic mass is 32.1. The summed E-state index contributed by atoms with van der Waals surface area (Å²) in [5.74, 6) is -1.70.